The van der Waals surface area contributed by atoms with E-state index in [9.17, 15) is 9.90 Å². The summed E-state index contributed by atoms with van der Waals surface area (Å²) >= 11 is 0. The summed E-state index contributed by atoms with van der Waals surface area (Å²) in [5.74, 6) is 0.655. The molecule has 0 spiro atoms. The molecule has 128 valence electrons. The zero-order chi connectivity index (χ0) is 17.0. The van der Waals surface area contributed by atoms with Crippen molar-refractivity contribution < 1.29 is 24.1 Å². The minimum Gasteiger partial charge on any atom is -0.497 e. The number of benzene rings is 1. The van der Waals surface area contributed by atoms with Crippen molar-refractivity contribution in [3.63, 3.8) is 0 Å². The molecule has 0 radical (unpaired) electrons. The molecule has 1 fully saturated rings. The zero-order valence-electron chi connectivity index (χ0n) is 14.1. The molecule has 0 saturated carbocycles. The maximum absolute atomic E-state index is 12.4. The van der Waals surface area contributed by atoms with Gasteiger partial charge in [0.15, 0.2) is 0 Å². The third kappa shape index (κ3) is 4.59. The Balaban J connectivity index is 2.18. The minimum atomic E-state index is -0.877. The Hall–Kier alpha value is -1.79. The van der Waals surface area contributed by atoms with Gasteiger partial charge in [-0.2, -0.15) is 0 Å². The number of carbonyl (C=O) groups is 1. The van der Waals surface area contributed by atoms with E-state index in [0.717, 1.165) is 0 Å². The summed E-state index contributed by atoms with van der Waals surface area (Å²) in [5.41, 5.74) is 0.0920. The number of hydrogen-bond donors (Lipinski definition) is 1. The first-order valence-corrected chi connectivity index (χ1v) is 7.71. The highest BCUT2D eigenvalue weighted by atomic mass is 16.6. The molecule has 1 aliphatic rings. The third-order valence-corrected chi connectivity index (χ3v) is 3.59. The van der Waals surface area contributed by atoms with Gasteiger partial charge in [0.1, 0.15) is 17.5 Å². The van der Waals surface area contributed by atoms with Gasteiger partial charge in [-0.05, 0) is 38.5 Å². The van der Waals surface area contributed by atoms with E-state index in [-0.39, 0.29) is 6.61 Å². The maximum atomic E-state index is 12.4. The molecule has 2 unspecified atom stereocenters. The number of morpholine rings is 1. The fourth-order valence-corrected chi connectivity index (χ4v) is 2.48. The molecule has 2 atom stereocenters. The van der Waals surface area contributed by atoms with Gasteiger partial charge in [-0.15, -0.1) is 0 Å². The lowest BCUT2D eigenvalue weighted by molar-refractivity contribution is -0.0673. The molecular formula is C17H25NO5. The van der Waals surface area contributed by atoms with Crippen LogP contribution in [0.3, 0.4) is 0 Å². The molecule has 6 nitrogen and oxygen atoms in total. The van der Waals surface area contributed by atoms with Gasteiger partial charge in [-0.1, -0.05) is 12.1 Å². The molecule has 2 rings (SSSR count). The standard InChI is InChI=1S/C17H25NO5/c1-17(2,3)23-16(20)18-8-9-22-11-14(18)15(19)12-6-5-7-13(10-12)21-4/h5-7,10,14-15,19H,8-9,11H2,1-4H3. The Morgan fingerprint density at radius 2 is 2.17 bits per heavy atom. The van der Waals surface area contributed by atoms with Gasteiger partial charge in [0.25, 0.3) is 0 Å². The lowest BCUT2D eigenvalue weighted by Crippen LogP contribution is -2.52. The van der Waals surface area contributed by atoms with Crippen molar-refractivity contribution in [3.05, 3.63) is 29.8 Å². The molecular weight excluding hydrogens is 298 g/mol. The number of methoxy groups -OCH3 is 1. The Labute approximate surface area is 136 Å². The Morgan fingerprint density at radius 1 is 1.43 bits per heavy atom. The number of amides is 1. The lowest BCUT2D eigenvalue weighted by Gasteiger charge is -2.38. The number of hydrogen-bond acceptors (Lipinski definition) is 5. The molecule has 1 aromatic carbocycles. The van der Waals surface area contributed by atoms with Crippen molar-refractivity contribution in [2.75, 3.05) is 26.9 Å². The largest absolute Gasteiger partial charge is 0.497 e. The summed E-state index contributed by atoms with van der Waals surface area (Å²) in [6, 6.07) is 6.67. The van der Waals surface area contributed by atoms with Crippen molar-refractivity contribution in [2.24, 2.45) is 0 Å². The molecule has 1 heterocycles. The Morgan fingerprint density at radius 3 is 2.83 bits per heavy atom. The second kappa shape index (κ2) is 7.19. The van der Waals surface area contributed by atoms with Crippen LogP contribution in [0.2, 0.25) is 0 Å². The summed E-state index contributed by atoms with van der Waals surface area (Å²) in [7, 11) is 1.57. The van der Waals surface area contributed by atoms with Crippen LogP contribution in [0.15, 0.2) is 24.3 Å². The van der Waals surface area contributed by atoms with E-state index in [2.05, 4.69) is 0 Å². The van der Waals surface area contributed by atoms with Crippen molar-refractivity contribution in [1.82, 2.24) is 4.90 Å². The van der Waals surface area contributed by atoms with Gasteiger partial charge in [0, 0.05) is 6.54 Å². The fourth-order valence-electron chi connectivity index (χ4n) is 2.48. The van der Waals surface area contributed by atoms with Crippen LogP contribution in [0.1, 0.15) is 32.4 Å². The Kier molecular flexibility index (Phi) is 5.49. The van der Waals surface area contributed by atoms with Crippen molar-refractivity contribution in [3.8, 4) is 5.75 Å². The summed E-state index contributed by atoms with van der Waals surface area (Å²) in [6.45, 7) is 6.54. The molecule has 0 bridgehead atoms. The van der Waals surface area contributed by atoms with Gasteiger partial charge in [-0.25, -0.2) is 4.79 Å². The lowest BCUT2D eigenvalue weighted by atomic mass is 10.0. The molecule has 0 aliphatic carbocycles. The second-order valence-electron chi connectivity index (χ2n) is 6.54. The second-order valence-corrected chi connectivity index (χ2v) is 6.54. The van der Waals surface area contributed by atoms with Crippen LogP contribution in [-0.2, 0) is 9.47 Å². The summed E-state index contributed by atoms with van der Waals surface area (Å²) in [5, 5.41) is 10.7. The van der Waals surface area contributed by atoms with Crippen LogP contribution >= 0.6 is 0 Å². The van der Waals surface area contributed by atoms with Gasteiger partial charge >= 0.3 is 6.09 Å². The number of ether oxygens (including phenoxy) is 3. The van der Waals surface area contributed by atoms with Crippen LogP contribution in [-0.4, -0.2) is 54.6 Å². The van der Waals surface area contributed by atoms with E-state index in [1.165, 1.54) is 0 Å². The molecule has 1 saturated heterocycles. The molecule has 1 N–H and O–H groups in total. The minimum absolute atomic E-state index is 0.262. The number of nitrogens with zero attached hydrogens (tertiary/aromatic N) is 1. The van der Waals surface area contributed by atoms with E-state index in [1.54, 1.807) is 36.3 Å². The monoisotopic (exact) mass is 323 g/mol. The van der Waals surface area contributed by atoms with Crippen LogP contribution < -0.4 is 4.74 Å². The van der Waals surface area contributed by atoms with Crippen LogP contribution in [0.25, 0.3) is 0 Å². The summed E-state index contributed by atoms with van der Waals surface area (Å²) < 4.78 is 16.1. The molecule has 1 aromatic rings. The molecule has 1 aliphatic heterocycles. The highest BCUT2D eigenvalue weighted by Crippen LogP contribution is 2.27. The normalized spacial score (nSPS) is 20.0. The van der Waals surface area contributed by atoms with Crippen LogP contribution in [0.4, 0.5) is 4.79 Å². The average Bonchev–Trinajstić information content (AvgIpc) is 2.52. The summed E-state index contributed by atoms with van der Waals surface area (Å²) in [6.07, 6.45) is -1.31. The molecule has 0 aromatic heterocycles. The molecule has 23 heavy (non-hydrogen) atoms. The highest BCUT2D eigenvalue weighted by Gasteiger charge is 2.36. The first kappa shape index (κ1) is 17.6. The van der Waals surface area contributed by atoms with Crippen LogP contribution in [0, 0.1) is 0 Å². The number of carbonyl (C=O) groups excluding carboxylic acids is 1. The maximum Gasteiger partial charge on any atom is 0.410 e. The van der Waals surface area contributed by atoms with Gasteiger partial charge in [0.05, 0.1) is 26.4 Å². The fraction of sp³-hybridized carbons (Fsp3) is 0.588. The SMILES string of the molecule is COc1cccc(C(O)C2COCCN2C(=O)OC(C)(C)C)c1. The topological polar surface area (TPSA) is 68.2 Å². The highest BCUT2D eigenvalue weighted by molar-refractivity contribution is 5.69. The first-order valence-electron chi connectivity index (χ1n) is 7.71. The van der Waals surface area contributed by atoms with Crippen molar-refractivity contribution >= 4 is 6.09 Å². The van der Waals surface area contributed by atoms with Gasteiger partial charge < -0.3 is 19.3 Å². The zero-order valence-corrected chi connectivity index (χ0v) is 14.1. The number of aliphatic hydroxyl groups is 1. The van der Waals surface area contributed by atoms with Gasteiger partial charge in [0.2, 0.25) is 0 Å². The quantitative estimate of drug-likeness (QED) is 0.925. The molecule has 1 amide bonds. The third-order valence-electron chi connectivity index (χ3n) is 3.59. The number of rotatable bonds is 3. The predicted octanol–water partition coefficient (Wildman–Crippen LogP) is 2.36. The van der Waals surface area contributed by atoms with E-state index in [1.807, 2.05) is 20.8 Å². The van der Waals surface area contributed by atoms with E-state index < -0.39 is 23.8 Å². The van der Waals surface area contributed by atoms with E-state index in [0.29, 0.717) is 24.5 Å². The predicted molar refractivity (Wildman–Crippen MR) is 85.5 cm³/mol. The Bertz CT molecular complexity index is 540. The average molecular weight is 323 g/mol. The number of aliphatic hydroxyl groups excluding tert-OH is 1. The van der Waals surface area contributed by atoms with Gasteiger partial charge in [-0.3, -0.25) is 4.90 Å². The van der Waals surface area contributed by atoms with Crippen molar-refractivity contribution in [1.29, 1.82) is 0 Å². The van der Waals surface area contributed by atoms with E-state index in [4.69, 9.17) is 14.2 Å². The van der Waals surface area contributed by atoms with Crippen LogP contribution in [0.5, 0.6) is 5.75 Å². The van der Waals surface area contributed by atoms with E-state index >= 15 is 0 Å². The van der Waals surface area contributed by atoms with Crippen molar-refractivity contribution in [2.45, 2.75) is 38.5 Å². The smallest absolute Gasteiger partial charge is 0.410 e. The molecule has 6 heteroatoms. The summed E-state index contributed by atoms with van der Waals surface area (Å²) in [4.78, 5) is 13.9. The first-order chi connectivity index (χ1) is 10.8.